The average Bonchev–Trinajstić information content (AvgIpc) is 2.37. The van der Waals surface area contributed by atoms with Gasteiger partial charge in [0.25, 0.3) is 0 Å². The predicted octanol–water partition coefficient (Wildman–Crippen LogP) is -1.41. The van der Waals surface area contributed by atoms with E-state index in [2.05, 4.69) is 9.57 Å². The Morgan fingerprint density at radius 1 is 1.50 bits per heavy atom. The van der Waals surface area contributed by atoms with E-state index in [0.717, 1.165) is 0 Å². The van der Waals surface area contributed by atoms with Gasteiger partial charge in [0.2, 0.25) is 0 Å². The molecule has 0 bridgehead atoms. The Morgan fingerprint density at radius 3 is 2.83 bits per heavy atom. The standard InChI is InChI=1S/C9H14N2O7/c1-16-8(14)6-4-11(2-3-17-6)9(15)10-18-5-7(12)13/h6H,2-5H2,1H3,(H,10,15)(H,12,13). The number of hydrogen-bond donors (Lipinski definition) is 2. The van der Waals surface area contributed by atoms with E-state index in [9.17, 15) is 14.4 Å². The summed E-state index contributed by atoms with van der Waals surface area (Å²) in [7, 11) is 1.22. The van der Waals surface area contributed by atoms with Gasteiger partial charge in [-0.25, -0.2) is 19.9 Å². The normalized spacial score (nSPS) is 19.2. The number of nitrogens with zero attached hydrogens (tertiary/aromatic N) is 1. The average molecular weight is 262 g/mol. The molecule has 0 radical (unpaired) electrons. The van der Waals surface area contributed by atoms with Gasteiger partial charge in [-0.15, -0.1) is 0 Å². The number of carbonyl (C=O) groups excluding carboxylic acids is 2. The van der Waals surface area contributed by atoms with Gasteiger partial charge in [-0.2, -0.15) is 0 Å². The lowest BCUT2D eigenvalue weighted by Gasteiger charge is -2.31. The van der Waals surface area contributed by atoms with Crippen molar-refractivity contribution in [1.82, 2.24) is 10.4 Å². The van der Waals surface area contributed by atoms with E-state index in [1.807, 2.05) is 5.48 Å². The van der Waals surface area contributed by atoms with Crippen molar-refractivity contribution < 1.29 is 33.8 Å². The largest absolute Gasteiger partial charge is 0.479 e. The number of esters is 1. The molecule has 9 heteroatoms. The molecule has 18 heavy (non-hydrogen) atoms. The summed E-state index contributed by atoms with van der Waals surface area (Å²) in [6.07, 6.45) is -0.839. The Kier molecular flexibility index (Phi) is 5.33. The first kappa shape index (κ1) is 14.2. The molecule has 0 aromatic heterocycles. The van der Waals surface area contributed by atoms with Gasteiger partial charge >= 0.3 is 18.0 Å². The lowest BCUT2D eigenvalue weighted by molar-refractivity contribution is -0.158. The number of aliphatic carboxylic acids is 1. The van der Waals surface area contributed by atoms with Crippen LogP contribution >= 0.6 is 0 Å². The highest BCUT2D eigenvalue weighted by Gasteiger charge is 2.30. The molecule has 0 aromatic carbocycles. The quantitative estimate of drug-likeness (QED) is 0.472. The fraction of sp³-hybridized carbons (Fsp3) is 0.667. The maximum atomic E-state index is 11.5. The molecule has 1 rings (SSSR count). The van der Waals surface area contributed by atoms with Crippen LogP contribution in [0, 0.1) is 0 Å². The first-order valence-corrected chi connectivity index (χ1v) is 5.12. The third kappa shape index (κ3) is 4.18. The molecule has 0 saturated carbocycles. The van der Waals surface area contributed by atoms with Gasteiger partial charge in [-0.05, 0) is 0 Å². The molecule has 2 amide bonds. The number of rotatable bonds is 4. The zero-order valence-electron chi connectivity index (χ0n) is 9.75. The Morgan fingerprint density at radius 2 is 2.22 bits per heavy atom. The number of carbonyl (C=O) groups is 3. The molecule has 1 saturated heterocycles. The molecule has 0 spiro atoms. The van der Waals surface area contributed by atoms with Crippen molar-refractivity contribution in [3.8, 4) is 0 Å². The third-order valence-electron chi connectivity index (χ3n) is 2.17. The van der Waals surface area contributed by atoms with E-state index in [-0.39, 0.29) is 19.7 Å². The second-order valence-electron chi connectivity index (χ2n) is 3.42. The van der Waals surface area contributed by atoms with Crippen molar-refractivity contribution in [3.05, 3.63) is 0 Å². The molecule has 1 aliphatic heterocycles. The van der Waals surface area contributed by atoms with E-state index >= 15 is 0 Å². The summed E-state index contributed by atoms with van der Waals surface area (Å²) < 4.78 is 9.62. The molecular formula is C9H14N2O7. The van der Waals surface area contributed by atoms with Crippen LogP contribution in [0.2, 0.25) is 0 Å². The summed E-state index contributed by atoms with van der Waals surface area (Å²) in [4.78, 5) is 38.6. The molecule has 1 fully saturated rings. The summed E-state index contributed by atoms with van der Waals surface area (Å²) in [5.74, 6) is -1.77. The first-order valence-electron chi connectivity index (χ1n) is 5.12. The van der Waals surface area contributed by atoms with Crippen LogP contribution in [0.25, 0.3) is 0 Å². The number of nitrogens with one attached hydrogen (secondary N) is 1. The second kappa shape index (κ2) is 6.77. The number of ether oxygens (including phenoxy) is 2. The molecule has 9 nitrogen and oxygen atoms in total. The molecule has 1 unspecified atom stereocenters. The maximum absolute atomic E-state index is 11.5. The molecule has 1 heterocycles. The van der Waals surface area contributed by atoms with Crippen molar-refractivity contribution in [2.45, 2.75) is 6.10 Å². The van der Waals surface area contributed by atoms with Crippen LogP contribution in [-0.2, 0) is 23.9 Å². The van der Waals surface area contributed by atoms with E-state index in [1.165, 1.54) is 12.0 Å². The number of urea groups is 1. The highest BCUT2D eigenvalue weighted by atomic mass is 16.7. The number of morpholine rings is 1. The van der Waals surface area contributed by atoms with E-state index in [1.54, 1.807) is 0 Å². The van der Waals surface area contributed by atoms with Crippen LogP contribution in [0.15, 0.2) is 0 Å². The number of carboxylic acid groups (broad SMARTS) is 1. The number of methoxy groups -OCH3 is 1. The van der Waals surface area contributed by atoms with Gasteiger partial charge in [-0.3, -0.25) is 4.84 Å². The van der Waals surface area contributed by atoms with Crippen LogP contribution in [0.3, 0.4) is 0 Å². The van der Waals surface area contributed by atoms with E-state index in [0.29, 0.717) is 0 Å². The van der Waals surface area contributed by atoms with Gasteiger partial charge in [0.1, 0.15) is 0 Å². The van der Waals surface area contributed by atoms with E-state index < -0.39 is 30.7 Å². The highest BCUT2D eigenvalue weighted by Crippen LogP contribution is 2.06. The number of hydroxylamine groups is 1. The fourth-order valence-corrected chi connectivity index (χ4v) is 1.33. The van der Waals surface area contributed by atoms with E-state index in [4.69, 9.17) is 9.84 Å². The minimum atomic E-state index is -1.20. The predicted molar refractivity (Wildman–Crippen MR) is 55.4 cm³/mol. The summed E-state index contributed by atoms with van der Waals surface area (Å²) in [6, 6.07) is -0.631. The zero-order chi connectivity index (χ0) is 13.5. The van der Waals surface area contributed by atoms with Gasteiger partial charge in [0, 0.05) is 6.54 Å². The van der Waals surface area contributed by atoms with Crippen LogP contribution in [-0.4, -0.2) is 67.5 Å². The Labute approximate surface area is 103 Å². The summed E-state index contributed by atoms with van der Waals surface area (Å²) in [5.41, 5.74) is 1.96. The van der Waals surface area contributed by atoms with Crippen LogP contribution < -0.4 is 5.48 Å². The van der Waals surface area contributed by atoms with Gasteiger partial charge < -0.3 is 19.5 Å². The second-order valence-corrected chi connectivity index (χ2v) is 3.42. The zero-order valence-corrected chi connectivity index (χ0v) is 9.75. The van der Waals surface area contributed by atoms with Gasteiger partial charge in [0.05, 0.1) is 20.3 Å². The van der Waals surface area contributed by atoms with Crippen LogP contribution in [0.4, 0.5) is 4.79 Å². The monoisotopic (exact) mass is 262 g/mol. The molecule has 0 aliphatic carbocycles. The van der Waals surface area contributed by atoms with Crippen molar-refractivity contribution >= 4 is 18.0 Å². The lowest BCUT2D eigenvalue weighted by atomic mass is 10.3. The first-order chi connectivity index (χ1) is 8.54. The van der Waals surface area contributed by atoms with Crippen molar-refractivity contribution in [1.29, 1.82) is 0 Å². The van der Waals surface area contributed by atoms with Gasteiger partial charge in [0.15, 0.2) is 12.7 Å². The summed E-state index contributed by atoms with van der Waals surface area (Å²) in [5, 5.41) is 8.31. The third-order valence-corrected chi connectivity index (χ3v) is 2.17. The Hall–Kier alpha value is -1.87. The molecule has 1 atom stereocenters. The maximum Gasteiger partial charge on any atom is 0.341 e. The fourth-order valence-electron chi connectivity index (χ4n) is 1.33. The Bertz CT molecular complexity index is 333. The number of amides is 2. The lowest BCUT2D eigenvalue weighted by Crippen LogP contribution is -2.52. The molecule has 1 aliphatic rings. The minimum Gasteiger partial charge on any atom is -0.479 e. The number of hydrogen-bond acceptors (Lipinski definition) is 6. The van der Waals surface area contributed by atoms with Crippen molar-refractivity contribution in [2.24, 2.45) is 0 Å². The van der Waals surface area contributed by atoms with Crippen molar-refractivity contribution in [3.63, 3.8) is 0 Å². The van der Waals surface area contributed by atoms with Gasteiger partial charge in [-0.1, -0.05) is 0 Å². The smallest absolute Gasteiger partial charge is 0.341 e. The highest BCUT2D eigenvalue weighted by molar-refractivity contribution is 5.78. The summed E-state index contributed by atoms with van der Waals surface area (Å²) in [6.45, 7) is -0.159. The molecule has 2 N–H and O–H groups in total. The molecule has 102 valence electrons. The minimum absolute atomic E-state index is 0.0228. The molecule has 0 aromatic rings. The SMILES string of the molecule is COC(=O)C1CN(C(=O)NOCC(=O)O)CCO1. The topological polar surface area (TPSA) is 114 Å². The number of carboxylic acids is 1. The van der Waals surface area contributed by atoms with Crippen LogP contribution in [0.5, 0.6) is 0 Å². The Balaban J connectivity index is 2.38. The summed E-state index contributed by atoms with van der Waals surface area (Å²) >= 11 is 0. The van der Waals surface area contributed by atoms with Crippen LogP contribution in [0.1, 0.15) is 0 Å². The van der Waals surface area contributed by atoms with Crippen molar-refractivity contribution in [2.75, 3.05) is 33.4 Å². The molecular weight excluding hydrogens is 248 g/mol.